The zero-order chi connectivity index (χ0) is 49.9. The van der Waals surface area contributed by atoms with Gasteiger partial charge < -0.3 is 29.2 Å². The Kier molecular flexibility index (Phi) is 25.2. The number of rotatable bonds is 14. The van der Waals surface area contributed by atoms with Gasteiger partial charge in [0.15, 0.2) is 0 Å². The van der Waals surface area contributed by atoms with Crippen molar-refractivity contribution >= 4 is 11.9 Å². The molecular formula is C62H114O8Y. The van der Waals surface area contributed by atoms with E-state index < -0.39 is 0 Å². The molecule has 0 aromatic rings. The fraction of sp³-hybridized carbons (Fsp3) is 0.968. The molecule has 0 aromatic carbocycles. The van der Waals surface area contributed by atoms with Gasteiger partial charge in [-0.15, -0.1) is 0 Å². The Bertz CT molecular complexity index is 1510. The van der Waals surface area contributed by atoms with Crippen molar-refractivity contribution in [1.82, 2.24) is 0 Å². The van der Waals surface area contributed by atoms with Gasteiger partial charge in [-0.3, -0.25) is 9.59 Å². The zero-order valence-electron chi connectivity index (χ0n) is 46.9. The average molecular weight is 1080 g/mol. The van der Waals surface area contributed by atoms with Gasteiger partial charge in [-0.2, -0.15) is 0 Å². The van der Waals surface area contributed by atoms with Gasteiger partial charge >= 0.3 is 11.9 Å². The van der Waals surface area contributed by atoms with E-state index in [-0.39, 0.29) is 88.5 Å². The molecule has 2 N–H and O–H groups in total. The van der Waals surface area contributed by atoms with Crippen molar-refractivity contribution in [3.05, 3.63) is 0 Å². The van der Waals surface area contributed by atoms with Gasteiger partial charge in [0.05, 0.1) is 38.6 Å². The molecule has 22 atom stereocenters. The summed E-state index contributed by atoms with van der Waals surface area (Å²) >= 11 is 0. The first-order valence-electron chi connectivity index (χ1n) is 29.1. The summed E-state index contributed by atoms with van der Waals surface area (Å²) in [6.45, 7) is 30.1. The number of ether oxygens (including phenoxy) is 4. The predicted octanol–water partition coefficient (Wildman–Crippen LogP) is 14.8. The van der Waals surface area contributed by atoms with Gasteiger partial charge in [-0.05, 0) is 220 Å². The van der Waals surface area contributed by atoms with Crippen molar-refractivity contribution in [3.63, 3.8) is 0 Å². The van der Waals surface area contributed by atoms with E-state index in [4.69, 9.17) is 18.9 Å². The third-order valence-corrected chi connectivity index (χ3v) is 23.0. The first-order valence-corrected chi connectivity index (χ1v) is 29.1. The maximum atomic E-state index is 11.8. The van der Waals surface area contributed by atoms with Crippen LogP contribution in [-0.4, -0.2) is 74.0 Å². The molecule has 413 valence electrons. The SMILES string of the molecule is C.C.CC.CCCOC1CC[C@@]2(C)C(C1)C[C@@H](C)C1C2C[C@H](C)[C@@]2(C)C1CC[C@@H]2C(C)CCC(=O)OC.CCCOC1CC[C@@]2(C)C(C1)C[C@@H](O)C1C2C[C@H](O)[C@@]2(C)C1CC[C@@H]2C(C)CCC(=O)OC.[Y]. The molecular weight excluding hydrogens is 962 g/mol. The van der Waals surface area contributed by atoms with Gasteiger partial charge in [0.2, 0.25) is 0 Å². The topological polar surface area (TPSA) is 112 Å². The van der Waals surface area contributed by atoms with E-state index in [9.17, 15) is 19.8 Å². The second-order valence-corrected chi connectivity index (χ2v) is 25.7. The maximum Gasteiger partial charge on any atom is 0.305 e. The summed E-state index contributed by atoms with van der Waals surface area (Å²) < 4.78 is 22.2. The van der Waals surface area contributed by atoms with E-state index in [2.05, 4.69) is 69.2 Å². The van der Waals surface area contributed by atoms with Crippen molar-refractivity contribution in [2.75, 3.05) is 27.4 Å². The molecule has 8 saturated carbocycles. The van der Waals surface area contributed by atoms with Crippen LogP contribution in [0, 0.1) is 105 Å². The Morgan fingerprint density at radius 1 is 0.592 bits per heavy atom. The summed E-state index contributed by atoms with van der Waals surface area (Å²) in [5.74, 6) is 8.50. The fourth-order valence-electron chi connectivity index (χ4n) is 19.2. The Hall–Kier alpha value is -0.116. The summed E-state index contributed by atoms with van der Waals surface area (Å²) in [4.78, 5) is 23.5. The van der Waals surface area contributed by atoms with E-state index in [1.54, 1.807) is 0 Å². The molecule has 1 radical (unpaired) electrons. The van der Waals surface area contributed by atoms with Gasteiger partial charge in [-0.1, -0.05) is 97.9 Å². The summed E-state index contributed by atoms with van der Waals surface area (Å²) in [7, 11) is 2.97. The molecule has 8 nitrogen and oxygen atoms in total. The van der Waals surface area contributed by atoms with E-state index in [0.29, 0.717) is 71.4 Å². The predicted molar refractivity (Wildman–Crippen MR) is 288 cm³/mol. The van der Waals surface area contributed by atoms with Crippen LogP contribution in [0.25, 0.3) is 0 Å². The quantitative estimate of drug-likeness (QED) is 0.166. The number of hydrogen-bond donors (Lipinski definition) is 2. The second kappa shape index (κ2) is 27.5. The van der Waals surface area contributed by atoms with Crippen LogP contribution in [0.2, 0.25) is 0 Å². The minimum atomic E-state index is -0.339. The van der Waals surface area contributed by atoms with E-state index in [0.717, 1.165) is 125 Å². The fourth-order valence-corrected chi connectivity index (χ4v) is 19.2. The van der Waals surface area contributed by atoms with Crippen molar-refractivity contribution in [1.29, 1.82) is 0 Å². The summed E-state index contributed by atoms with van der Waals surface area (Å²) in [5.41, 5.74) is 0.943. The molecule has 71 heavy (non-hydrogen) atoms. The number of aliphatic hydroxyl groups excluding tert-OH is 2. The average Bonchev–Trinajstić information content (AvgIpc) is 3.88. The van der Waals surface area contributed by atoms with Crippen LogP contribution >= 0.6 is 0 Å². The first kappa shape index (κ1) is 65.2. The van der Waals surface area contributed by atoms with Crippen molar-refractivity contribution in [2.24, 2.45) is 105 Å². The molecule has 0 aromatic heterocycles. The van der Waals surface area contributed by atoms with Gasteiger partial charge in [-0.25, -0.2) is 0 Å². The third-order valence-electron chi connectivity index (χ3n) is 23.0. The Labute approximate surface area is 463 Å². The Morgan fingerprint density at radius 3 is 1.49 bits per heavy atom. The number of carbonyl (C=O) groups is 2. The van der Waals surface area contributed by atoms with Gasteiger partial charge in [0.1, 0.15) is 0 Å². The number of fused-ring (bicyclic) bond motifs is 10. The minimum absolute atomic E-state index is 0. The molecule has 0 aliphatic heterocycles. The molecule has 0 spiro atoms. The second-order valence-electron chi connectivity index (χ2n) is 25.7. The van der Waals surface area contributed by atoms with Crippen LogP contribution < -0.4 is 0 Å². The monoisotopic (exact) mass is 1080 g/mol. The number of carbonyl (C=O) groups excluding carboxylic acids is 2. The Morgan fingerprint density at radius 2 is 1.03 bits per heavy atom. The molecule has 0 amide bonds. The van der Waals surface area contributed by atoms with Crippen molar-refractivity contribution in [2.45, 2.75) is 251 Å². The van der Waals surface area contributed by atoms with Crippen LogP contribution in [0.3, 0.4) is 0 Å². The van der Waals surface area contributed by atoms with Crippen molar-refractivity contribution in [3.8, 4) is 0 Å². The van der Waals surface area contributed by atoms with Crippen LogP contribution in [0.15, 0.2) is 0 Å². The normalized spacial score (nSPS) is 44.6. The number of esters is 2. The molecule has 0 bridgehead atoms. The molecule has 0 heterocycles. The largest absolute Gasteiger partial charge is 0.469 e. The summed E-state index contributed by atoms with van der Waals surface area (Å²) in [5, 5.41) is 23.2. The first-order chi connectivity index (χ1) is 32.3. The molecule has 8 aliphatic rings. The maximum absolute atomic E-state index is 11.8. The molecule has 9 heteroatoms. The summed E-state index contributed by atoms with van der Waals surface area (Å²) in [6, 6.07) is 0. The molecule has 8 aliphatic carbocycles. The number of hydrogen-bond acceptors (Lipinski definition) is 8. The molecule has 8 fully saturated rings. The minimum Gasteiger partial charge on any atom is -0.469 e. The molecule has 8 rings (SSSR count). The smallest absolute Gasteiger partial charge is 0.305 e. The molecule has 0 saturated heterocycles. The van der Waals surface area contributed by atoms with Gasteiger partial charge in [0, 0.05) is 58.8 Å². The van der Waals surface area contributed by atoms with E-state index >= 15 is 0 Å². The van der Waals surface area contributed by atoms with Crippen LogP contribution in [0.4, 0.5) is 0 Å². The van der Waals surface area contributed by atoms with E-state index in [1.807, 2.05) is 13.8 Å². The Balaban J connectivity index is 0.000000348. The molecule has 12 unspecified atom stereocenters. The van der Waals surface area contributed by atoms with Crippen LogP contribution in [-0.2, 0) is 61.2 Å². The summed E-state index contributed by atoms with van der Waals surface area (Å²) in [6.07, 6.45) is 21.9. The number of aliphatic hydroxyl groups is 2. The standard InChI is InChI=1S/C30H52O3.C28H48O5.C2H6.2CH4.Y/c1-8-15-33-23-13-14-29(5)22(18-23)16-20(3)28-25-11-10-24(19(2)9-12-27(31)32-7)30(25,6)21(4)17-26(28)29;1-6-13-33-19-11-12-27(3)18(14-19)15-23(29)26-21-9-8-20(17(2)7-10-25(31)32-5)28(21,4)24(30)16-22(26)27;1-2;;;/h19-26,28H,8-18H2,1-7H3;17-24,26,29-30H,6-16H2,1-5H3;1-2H3;2*1H4;/t19?,20-,21+,22?,23?,24-,25?,26?,28?,29+,30-;17?,18?,19?,20-,21?,22?,23-,24+,26?,27+,28-;;;;/m11..../s1. The van der Waals surface area contributed by atoms with Crippen LogP contribution in [0.5, 0.6) is 0 Å². The van der Waals surface area contributed by atoms with E-state index in [1.165, 1.54) is 59.2 Å². The van der Waals surface area contributed by atoms with Crippen LogP contribution in [0.1, 0.15) is 226 Å². The van der Waals surface area contributed by atoms with Gasteiger partial charge in [0.25, 0.3) is 0 Å². The zero-order valence-corrected chi connectivity index (χ0v) is 49.7. The third kappa shape index (κ3) is 12.6. The van der Waals surface area contributed by atoms with Crippen molar-refractivity contribution < 1.29 is 71.5 Å². The number of methoxy groups -OCH3 is 2.